The molecule has 3 heterocycles. The number of likely N-dealkylation sites (tertiary alicyclic amines) is 1. The van der Waals surface area contributed by atoms with Gasteiger partial charge in [0, 0.05) is 25.0 Å². The summed E-state index contributed by atoms with van der Waals surface area (Å²) in [4.78, 5) is 31.3. The Morgan fingerprint density at radius 2 is 2.04 bits per heavy atom. The van der Waals surface area contributed by atoms with Crippen molar-refractivity contribution in [3.8, 4) is 0 Å². The first-order chi connectivity index (χ1) is 13.6. The fourth-order valence-corrected chi connectivity index (χ4v) is 3.65. The Balaban J connectivity index is 1.70. The zero-order valence-electron chi connectivity index (χ0n) is 15.7. The van der Waals surface area contributed by atoms with E-state index in [1.54, 1.807) is 24.9 Å². The lowest BCUT2D eigenvalue weighted by molar-refractivity contribution is 0.0964. The van der Waals surface area contributed by atoms with E-state index in [2.05, 4.69) is 20.8 Å². The molecule has 28 heavy (non-hydrogen) atoms. The van der Waals surface area contributed by atoms with Crippen LogP contribution in [0.5, 0.6) is 0 Å². The van der Waals surface area contributed by atoms with E-state index in [1.807, 2.05) is 30.3 Å². The van der Waals surface area contributed by atoms with Crippen LogP contribution in [-0.4, -0.2) is 40.6 Å². The largest absolute Gasteiger partial charge is 0.355 e. The number of carbonyl (C=O) groups excluding carboxylic acids is 2. The summed E-state index contributed by atoms with van der Waals surface area (Å²) in [5, 5.41) is 10.3. The second-order valence-corrected chi connectivity index (χ2v) is 6.79. The molecule has 1 fully saturated rings. The van der Waals surface area contributed by atoms with Gasteiger partial charge in [-0.25, -0.2) is 9.78 Å². The SMILES string of the molecule is CNC(=O)c1cc(C)nc2onc(C3CCCN3C(=O)Nc3ccccc3)c12. The van der Waals surface area contributed by atoms with Crippen molar-refractivity contribution in [2.24, 2.45) is 0 Å². The lowest BCUT2D eigenvalue weighted by Crippen LogP contribution is -2.34. The number of fused-ring (bicyclic) bond motifs is 1. The molecular formula is C20H21N5O3. The third-order valence-electron chi connectivity index (χ3n) is 4.93. The second-order valence-electron chi connectivity index (χ2n) is 6.79. The van der Waals surface area contributed by atoms with E-state index in [4.69, 9.17) is 4.52 Å². The molecule has 144 valence electrons. The number of nitrogens with zero attached hydrogens (tertiary/aromatic N) is 3. The van der Waals surface area contributed by atoms with Crippen molar-refractivity contribution in [3.63, 3.8) is 0 Å². The molecule has 8 nitrogen and oxygen atoms in total. The summed E-state index contributed by atoms with van der Waals surface area (Å²) in [6, 6.07) is 10.5. The highest BCUT2D eigenvalue weighted by molar-refractivity contribution is 6.06. The molecule has 0 saturated carbocycles. The molecule has 1 aliphatic rings. The zero-order valence-corrected chi connectivity index (χ0v) is 15.7. The van der Waals surface area contributed by atoms with E-state index < -0.39 is 0 Å². The first-order valence-corrected chi connectivity index (χ1v) is 9.20. The number of aromatic nitrogens is 2. The van der Waals surface area contributed by atoms with E-state index in [9.17, 15) is 9.59 Å². The predicted molar refractivity (Wildman–Crippen MR) is 104 cm³/mol. The van der Waals surface area contributed by atoms with Gasteiger partial charge < -0.3 is 20.1 Å². The highest BCUT2D eigenvalue weighted by Crippen LogP contribution is 2.36. The smallest absolute Gasteiger partial charge is 0.322 e. The number of pyridine rings is 1. The second kappa shape index (κ2) is 7.30. The summed E-state index contributed by atoms with van der Waals surface area (Å²) < 4.78 is 5.42. The monoisotopic (exact) mass is 379 g/mol. The molecular weight excluding hydrogens is 358 g/mol. The molecule has 0 spiro atoms. The van der Waals surface area contributed by atoms with Crippen LogP contribution < -0.4 is 10.6 Å². The fraction of sp³-hybridized carbons (Fsp3) is 0.300. The van der Waals surface area contributed by atoms with E-state index in [-0.39, 0.29) is 18.0 Å². The van der Waals surface area contributed by atoms with Gasteiger partial charge in [-0.15, -0.1) is 0 Å². The molecule has 2 N–H and O–H groups in total. The summed E-state index contributed by atoms with van der Waals surface area (Å²) in [6.07, 6.45) is 1.58. The summed E-state index contributed by atoms with van der Waals surface area (Å²) >= 11 is 0. The molecule has 3 amide bonds. The average Bonchev–Trinajstić information content (AvgIpc) is 3.34. The number of amides is 3. The number of benzene rings is 1. The molecule has 0 radical (unpaired) electrons. The predicted octanol–water partition coefficient (Wildman–Crippen LogP) is 3.26. The number of anilines is 1. The van der Waals surface area contributed by atoms with Gasteiger partial charge in [-0.2, -0.15) is 0 Å². The van der Waals surface area contributed by atoms with E-state index in [0.29, 0.717) is 34.6 Å². The molecule has 1 unspecified atom stereocenters. The molecule has 0 aliphatic carbocycles. The molecule has 8 heteroatoms. The summed E-state index contributed by atoms with van der Waals surface area (Å²) in [6.45, 7) is 2.40. The minimum absolute atomic E-state index is 0.202. The van der Waals surface area contributed by atoms with E-state index in [0.717, 1.165) is 18.5 Å². The molecule has 2 aromatic heterocycles. The van der Waals surface area contributed by atoms with Crippen LogP contribution >= 0.6 is 0 Å². The Hall–Kier alpha value is -3.42. The topological polar surface area (TPSA) is 100 Å². The summed E-state index contributed by atoms with van der Waals surface area (Å²) in [7, 11) is 1.58. The van der Waals surface area contributed by atoms with Crippen LogP contribution in [0.4, 0.5) is 10.5 Å². The number of carbonyl (C=O) groups is 2. The summed E-state index contributed by atoms with van der Waals surface area (Å²) in [5.41, 5.74) is 2.73. The lowest BCUT2D eigenvalue weighted by atomic mass is 10.0. The quantitative estimate of drug-likeness (QED) is 0.727. The van der Waals surface area contributed by atoms with Crippen LogP contribution in [0.2, 0.25) is 0 Å². The molecule has 4 rings (SSSR count). The van der Waals surface area contributed by atoms with Gasteiger partial charge in [-0.3, -0.25) is 4.79 Å². The van der Waals surface area contributed by atoms with Gasteiger partial charge in [-0.05, 0) is 38.0 Å². The Morgan fingerprint density at radius 1 is 1.25 bits per heavy atom. The molecule has 1 atom stereocenters. The minimum Gasteiger partial charge on any atom is -0.355 e. The zero-order chi connectivity index (χ0) is 19.7. The summed E-state index contributed by atoms with van der Waals surface area (Å²) in [5.74, 6) is -0.238. The van der Waals surface area contributed by atoms with Crippen molar-refractivity contribution in [1.29, 1.82) is 0 Å². The number of nitrogens with one attached hydrogen (secondary N) is 2. The van der Waals surface area contributed by atoms with Crippen LogP contribution in [-0.2, 0) is 0 Å². The first kappa shape index (κ1) is 18.0. The van der Waals surface area contributed by atoms with Crippen molar-refractivity contribution in [2.75, 3.05) is 18.9 Å². The van der Waals surface area contributed by atoms with Crippen LogP contribution in [0.3, 0.4) is 0 Å². The van der Waals surface area contributed by atoms with Crippen LogP contribution in [0, 0.1) is 6.92 Å². The van der Waals surface area contributed by atoms with Crippen molar-refractivity contribution >= 4 is 28.7 Å². The number of urea groups is 1. The third kappa shape index (κ3) is 3.17. The maximum Gasteiger partial charge on any atom is 0.322 e. The van der Waals surface area contributed by atoms with Gasteiger partial charge in [0.05, 0.1) is 17.0 Å². The Kier molecular flexibility index (Phi) is 4.68. The molecule has 0 bridgehead atoms. The number of aryl methyl sites for hydroxylation is 1. The average molecular weight is 379 g/mol. The highest BCUT2D eigenvalue weighted by Gasteiger charge is 2.35. The first-order valence-electron chi connectivity index (χ1n) is 9.20. The number of hydrogen-bond donors (Lipinski definition) is 2. The maximum absolute atomic E-state index is 12.8. The number of para-hydroxylation sites is 1. The molecule has 3 aromatic rings. The Morgan fingerprint density at radius 3 is 2.79 bits per heavy atom. The molecule has 1 aromatic carbocycles. The molecule has 1 aliphatic heterocycles. The van der Waals surface area contributed by atoms with Gasteiger partial charge in [0.2, 0.25) is 0 Å². The van der Waals surface area contributed by atoms with Crippen LogP contribution in [0.15, 0.2) is 40.9 Å². The normalized spacial score (nSPS) is 16.4. The number of rotatable bonds is 3. The maximum atomic E-state index is 12.8. The van der Waals surface area contributed by atoms with Gasteiger partial charge in [0.1, 0.15) is 5.69 Å². The van der Waals surface area contributed by atoms with Crippen LogP contribution in [0.1, 0.15) is 40.6 Å². The van der Waals surface area contributed by atoms with E-state index in [1.165, 1.54) is 0 Å². The molecule has 1 saturated heterocycles. The Labute approximate surface area is 161 Å². The lowest BCUT2D eigenvalue weighted by Gasteiger charge is -2.24. The van der Waals surface area contributed by atoms with Crippen molar-refractivity contribution in [2.45, 2.75) is 25.8 Å². The van der Waals surface area contributed by atoms with Gasteiger partial charge in [-0.1, -0.05) is 23.4 Å². The van der Waals surface area contributed by atoms with Gasteiger partial charge >= 0.3 is 6.03 Å². The minimum atomic E-state index is -0.280. The van der Waals surface area contributed by atoms with Crippen molar-refractivity contribution in [3.05, 3.63) is 53.3 Å². The standard InChI is InChI=1S/C20H21N5O3/c1-12-11-14(18(26)21-2)16-17(24-28-19(16)22-12)15-9-6-10-25(15)20(27)23-13-7-4-3-5-8-13/h3-5,7-8,11,15H,6,9-10H2,1-2H3,(H,21,26)(H,23,27). The van der Waals surface area contributed by atoms with Gasteiger partial charge in [0.15, 0.2) is 0 Å². The van der Waals surface area contributed by atoms with Crippen molar-refractivity contribution in [1.82, 2.24) is 20.4 Å². The van der Waals surface area contributed by atoms with Crippen LogP contribution in [0.25, 0.3) is 11.1 Å². The van der Waals surface area contributed by atoms with E-state index >= 15 is 0 Å². The van der Waals surface area contributed by atoms with Gasteiger partial charge in [0.25, 0.3) is 11.6 Å². The number of hydrogen-bond acceptors (Lipinski definition) is 5. The fourth-order valence-electron chi connectivity index (χ4n) is 3.65. The highest BCUT2D eigenvalue weighted by atomic mass is 16.5. The third-order valence-corrected chi connectivity index (χ3v) is 4.93. The van der Waals surface area contributed by atoms with Crippen molar-refractivity contribution < 1.29 is 14.1 Å². The Bertz CT molecular complexity index is 1030.